The van der Waals surface area contributed by atoms with Crippen LogP contribution in [-0.4, -0.2) is 45.4 Å². The molecule has 6 heteroatoms. The third-order valence-electron chi connectivity index (χ3n) is 4.10. The van der Waals surface area contributed by atoms with Gasteiger partial charge in [-0.1, -0.05) is 36.4 Å². The molecule has 0 aliphatic carbocycles. The quantitative estimate of drug-likeness (QED) is 0.917. The van der Waals surface area contributed by atoms with Crippen LogP contribution < -0.4 is 5.32 Å². The largest absolute Gasteiger partial charge is 0.336 e. The molecule has 2 aromatic rings. The average molecular weight is 344 g/mol. The van der Waals surface area contributed by atoms with Gasteiger partial charge >= 0.3 is 0 Å². The van der Waals surface area contributed by atoms with E-state index in [4.69, 9.17) is 0 Å². The van der Waals surface area contributed by atoms with Crippen molar-refractivity contribution in [3.8, 4) is 0 Å². The molecule has 0 atom stereocenters. The van der Waals surface area contributed by atoms with Crippen LogP contribution in [0.3, 0.4) is 0 Å². The predicted molar refractivity (Wildman–Crippen MR) is 92.5 cm³/mol. The van der Waals surface area contributed by atoms with Crippen LogP contribution in [0.2, 0.25) is 0 Å². The van der Waals surface area contributed by atoms with Crippen LogP contribution in [0.15, 0.2) is 59.5 Å². The fraction of sp³-hybridized carbons (Fsp3) is 0.278. The maximum absolute atomic E-state index is 12.7. The number of carbonyl (C=O) groups excluding carboxylic acids is 1. The van der Waals surface area contributed by atoms with Gasteiger partial charge < -0.3 is 10.2 Å². The summed E-state index contributed by atoms with van der Waals surface area (Å²) in [4.78, 5) is 14.8. The molecule has 0 radical (unpaired) electrons. The monoisotopic (exact) mass is 344 g/mol. The van der Waals surface area contributed by atoms with E-state index in [9.17, 15) is 13.2 Å². The number of nitrogens with zero attached hydrogens (tertiary/aromatic N) is 1. The van der Waals surface area contributed by atoms with Crippen molar-refractivity contribution >= 4 is 15.7 Å². The third-order valence-corrected chi connectivity index (χ3v) is 5.78. The van der Waals surface area contributed by atoms with E-state index in [2.05, 4.69) is 5.32 Å². The lowest BCUT2D eigenvalue weighted by Gasteiger charge is -2.28. The molecule has 1 aliphatic rings. The normalized spacial score (nSPS) is 15.2. The zero-order chi connectivity index (χ0) is 17.0. The third kappa shape index (κ3) is 3.66. The lowest BCUT2D eigenvalue weighted by Crippen LogP contribution is -2.46. The number of sulfone groups is 1. The molecule has 5 nitrogen and oxygen atoms in total. The highest BCUT2D eigenvalue weighted by Gasteiger charge is 2.23. The Morgan fingerprint density at radius 1 is 0.958 bits per heavy atom. The van der Waals surface area contributed by atoms with Gasteiger partial charge in [0.25, 0.3) is 5.91 Å². The second-order valence-electron chi connectivity index (χ2n) is 5.77. The molecule has 0 unspecified atom stereocenters. The number of rotatable bonds is 4. The van der Waals surface area contributed by atoms with Gasteiger partial charge in [-0.3, -0.25) is 4.79 Å². The van der Waals surface area contributed by atoms with Gasteiger partial charge in [-0.25, -0.2) is 8.42 Å². The van der Waals surface area contributed by atoms with Crippen LogP contribution in [-0.2, 0) is 15.6 Å². The van der Waals surface area contributed by atoms with Gasteiger partial charge in [0.05, 0.1) is 10.6 Å². The Labute approximate surface area is 142 Å². The van der Waals surface area contributed by atoms with Crippen LogP contribution in [0.1, 0.15) is 15.9 Å². The number of piperazine rings is 1. The first-order valence-electron chi connectivity index (χ1n) is 7.94. The fourth-order valence-electron chi connectivity index (χ4n) is 2.81. The predicted octanol–water partition coefficient (Wildman–Crippen LogP) is 1.71. The van der Waals surface area contributed by atoms with E-state index in [1.807, 2.05) is 0 Å². The molecule has 126 valence electrons. The Bertz CT molecular complexity index is 813. The van der Waals surface area contributed by atoms with Gasteiger partial charge in [-0.2, -0.15) is 0 Å². The number of hydrogen-bond acceptors (Lipinski definition) is 4. The lowest BCUT2D eigenvalue weighted by atomic mass is 10.1. The molecular weight excluding hydrogens is 324 g/mol. The van der Waals surface area contributed by atoms with E-state index < -0.39 is 9.84 Å². The highest BCUT2D eigenvalue weighted by Crippen LogP contribution is 2.20. The van der Waals surface area contributed by atoms with Crippen LogP contribution in [0.5, 0.6) is 0 Å². The fourth-order valence-corrected chi connectivity index (χ4v) is 4.21. The topological polar surface area (TPSA) is 66.5 Å². The minimum absolute atomic E-state index is 0.102. The molecule has 1 aliphatic heterocycles. The van der Waals surface area contributed by atoms with Gasteiger partial charge in [0, 0.05) is 31.7 Å². The van der Waals surface area contributed by atoms with Crippen molar-refractivity contribution in [1.29, 1.82) is 0 Å². The summed E-state index contributed by atoms with van der Waals surface area (Å²) in [6.07, 6.45) is 0. The molecule has 2 aromatic carbocycles. The van der Waals surface area contributed by atoms with Gasteiger partial charge in [0.1, 0.15) is 0 Å². The standard InChI is InChI=1S/C18H20N2O3S/c21-18(20-12-10-19-11-13-20)17-9-5-4-6-15(17)14-24(22,23)16-7-2-1-3-8-16/h1-9,19H,10-14H2. The van der Waals surface area contributed by atoms with Crippen molar-refractivity contribution in [1.82, 2.24) is 10.2 Å². The van der Waals surface area contributed by atoms with Gasteiger partial charge in [-0.05, 0) is 23.8 Å². The highest BCUT2D eigenvalue weighted by atomic mass is 32.2. The van der Waals surface area contributed by atoms with Crippen molar-refractivity contribution in [2.24, 2.45) is 0 Å². The minimum atomic E-state index is -3.48. The smallest absolute Gasteiger partial charge is 0.254 e. The van der Waals surface area contributed by atoms with Crippen LogP contribution in [0.25, 0.3) is 0 Å². The molecular formula is C18H20N2O3S. The first kappa shape index (κ1) is 16.7. The Morgan fingerprint density at radius 3 is 2.29 bits per heavy atom. The second-order valence-corrected chi connectivity index (χ2v) is 7.76. The first-order valence-corrected chi connectivity index (χ1v) is 9.59. The van der Waals surface area contributed by atoms with Gasteiger partial charge in [0.15, 0.2) is 9.84 Å². The Balaban J connectivity index is 1.88. The summed E-state index contributed by atoms with van der Waals surface area (Å²) in [7, 11) is -3.48. The van der Waals surface area contributed by atoms with Crippen LogP contribution in [0.4, 0.5) is 0 Å². The van der Waals surface area contributed by atoms with Crippen LogP contribution >= 0.6 is 0 Å². The van der Waals surface area contributed by atoms with E-state index in [1.54, 1.807) is 59.5 Å². The molecule has 0 spiro atoms. The number of hydrogen-bond donors (Lipinski definition) is 1. The molecule has 3 rings (SSSR count). The van der Waals surface area contributed by atoms with Gasteiger partial charge in [-0.15, -0.1) is 0 Å². The molecule has 1 saturated heterocycles. The number of carbonyl (C=O) groups is 1. The minimum Gasteiger partial charge on any atom is -0.336 e. The maximum atomic E-state index is 12.7. The van der Waals surface area contributed by atoms with E-state index in [1.165, 1.54) is 0 Å². The SMILES string of the molecule is O=C(c1ccccc1CS(=O)(=O)c1ccccc1)N1CCNCC1. The van der Waals surface area contributed by atoms with Crippen molar-refractivity contribution in [3.05, 3.63) is 65.7 Å². The zero-order valence-electron chi connectivity index (χ0n) is 13.3. The summed E-state index contributed by atoms with van der Waals surface area (Å²) < 4.78 is 25.2. The molecule has 1 amide bonds. The van der Waals surface area contributed by atoms with Gasteiger partial charge in [0.2, 0.25) is 0 Å². The second kappa shape index (κ2) is 7.15. The number of amides is 1. The lowest BCUT2D eigenvalue weighted by molar-refractivity contribution is 0.0735. The summed E-state index contributed by atoms with van der Waals surface area (Å²) in [6, 6.07) is 15.3. The molecule has 0 bridgehead atoms. The molecule has 24 heavy (non-hydrogen) atoms. The molecule has 1 heterocycles. The van der Waals surface area contributed by atoms with Crippen LogP contribution in [0, 0.1) is 0 Å². The van der Waals surface area contributed by atoms with Crippen molar-refractivity contribution in [2.45, 2.75) is 10.6 Å². The molecule has 0 saturated carbocycles. The summed E-state index contributed by atoms with van der Waals surface area (Å²) >= 11 is 0. The Hall–Kier alpha value is -2.18. The Morgan fingerprint density at radius 2 is 1.58 bits per heavy atom. The highest BCUT2D eigenvalue weighted by molar-refractivity contribution is 7.90. The van der Waals surface area contributed by atoms with E-state index in [0.29, 0.717) is 24.2 Å². The van der Waals surface area contributed by atoms with Crippen molar-refractivity contribution in [2.75, 3.05) is 26.2 Å². The summed E-state index contributed by atoms with van der Waals surface area (Å²) in [5, 5.41) is 3.21. The summed E-state index contributed by atoms with van der Waals surface area (Å²) in [5.74, 6) is -0.277. The van der Waals surface area contributed by atoms with E-state index in [-0.39, 0.29) is 16.6 Å². The maximum Gasteiger partial charge on any atom is 0.254 e. The Kier molecular flexibility index (Phi) is 4.97. The average Bonchev–Trinajstić information content (AvgIpc) is 2.63. The van der Waals surface area contributed by atoms with E-state index in [0.717, 1.165) is 13.1 Å². The summed E-state index contributed by atoms with van der Waals surface area (Å²) in [6.45, 7) is 2.80. The number of benzene rings is 2. The number of nitrogens with one attached hydrogen (secondary N) is 1. The van der Waals surface area contributed by atoms with Crippen molar-refractivity contribution < 1.29 is 13.2 Å². The molecule has 0 aromatic heterocycles. The molecule has 1 fully saturated rings. The molecule has 1 N–H and O–H groups in total. The summed E-state index contributed by atoms with van der Waals surface area (Å²) in [5.41, 5.74) is 1.02. The first-order chi connectivity index (χ1) is 11.6. The van der Waals surface area contributed by atoms with Crippen molar-refractivity contribution in [3.63, 3.8) is 0 Å². The van der Waals surface area contributed by atoms with E-state index >= 15 is 0 Å². The zero-order valence-corrected chi connectivity index (χ0v) is 14.1.